The van der Waals surface area contributed by atoms with Gasteiger partial charge < -0.3 is 9.84 Å². The maximum atomic E-state index is 11.4. The zero-order valence-corrected chi connectivity index (χ0v) is 13.2. The fraction of sp³-hybridized carbons (Fsp3) is 0.316. The monoisotopic (exact) mass is 298 g/mol. The van der Waals surface area contributed by atoms with E-state index < -0.39 is 12.1 Å². The normalized spacial score (nSPS) is 12.2. The first kappa shape index (κ1) is 16.1. The lowest BCUT2D eigenvalue weighted by atomic mass is 10.0. The molecular weight excluding hydrogens is 276 g/mol. The van der Waals surface area contributed by atoms with E-state index in [1.165, 1.54) is 5.56 Å². The topological polar surface area (TPSA) is 46.5 Å². The summed E-state index contributed by atoms with van der Waals surface area (Å²) in [4.78, 5) is 11.4. The fourth-order valence-electron chi connectivity index (χ4n) is 2.21. The number of ether oxygens (including phenoxy) is 1. The van der Waals surface area contributed by atoms with Crippen LogP contribution in [0.3, 0.4) is 0 Å². The Balaban J connectivity index is 2.08. The number of hydrogen-bond acceptors (Lipinski definition) is 2. The van der Waals surface area contributed by atoms with E-state index in [-0.39, 0.29) is 0 Å². The third-order valence-electron chi connectivity index (χ3n) is 3.64. The van der Waals surface area contributed by atoms with Crippen molar-refractivity contribution in [1.29, 1.82) is 0 Å². The van der Waals surface area contributed by atoms with Crippen LogP contribution in [0.1, 0.15) is 36.5 Å². The number of aryl methyl sites for hydroxylation is 1. The molecule has 3 heteroatoms. The smallest absolute Gasteiger partial charge is 0.345 e. The molecule has 3 nitrogen and oxygen atoms in total. The number of hydrogen-bond donors (Lipinski definition) is 1. The Bertz CT molecular complexity index is 612. The van der Waals surface area contributed by atoms with Crippen LogP contribution in [0.15, 0.2) is 48.5 Å². The van der Waals surface area contributed by atoms with Crippen LogP contribution in [0, 0.1) is 6.92 Å². The average molecular weight is 298 g/mol. The van der Waals surface area contributed by atoms with Crippen LogP contribution in [0.4, 0.5) is 0 Å². The van der Waals surface area contributed by atoms with Crippen molar-refractivity contribution in [2.75, 3.05) is 0 Å². The molecule has 0 aliphatic rings. The van der Waals surface area contributed by atoms with Crippen LogP contribution in [0.25, 0.3) is 0 Å². The van der Waals surface area contributed by atoms with Gasteiger partial charge in [-0.15, -0.1) is 0 Å². The van der Waals surface area contributed by atoms with E-state index >= 15 is 0 Å². The number of benzene rings is 2. The molecule has 0 aromatic heterocycles. The largest absolute Gasteiger partial charge is 0.478 e. The fourth-order valence-corrected chi connectivity index (χ4v) is 2.21. The molecule has 0 amide bonds. The molecule has 0 unspecified atom stereocenters. The van der Waals surface area contributed by atoms with Crippen LogP contribution in [0.5, 0.6) is 5.75 Å². The zero-order valence-electron chi connectivity index (χ0n) is 13.2. The first-order valence-corrected chi connectivity index (χ1v) is 7.50. The molecule has 0 aliphatic heterocycles. The Morgan fingerprint density at radius 3 is 2.14 bits per heavy atom. The molecule has 1 N–H and O–H groups in total. The van der Waals surface area contributed by atoms with E-state index in [9.17, 15) is 9.90 Å². The number of carbonyl (C=O) groups is 1. The van der Waals surface area contributed by atoms with Gasteiger partial charge >= 0.3 is 5.97 Å². The second kappa shape index (κ2) is 7.12. The lowest BCUT2D eigenvalue weighted by Crippen LogP contribution is -2.29. The van der Waals surface area contributed by atoms with Crippen molar-refractivity contribution in [1.82, 2.24) is 0 Å². The van der Waals surface area contributed by atoms with E-state index in [0.717, 1.165) is 11.1 Å². The number of rotatable bonds is 6. The van der Waals surface area contributed by atoms with Gasteiger partial charge in [-0.05, 0) is 36.1 Å². The Kier molecular flexibility index (Phi) is 5.21. The third-order valence-corrected chi connectivity index (χ3v) is 3.64. The van der Waals surface area contributed by atoms with Crippen LogP contribution in [-0.4, -0.2) is 17.2 Å². The maximum absolute atomic E-state index is 11.4. The SMILES string of the molecule is Cc1ccc(C[C@H](Oc2ccc(C(C)C)cc2)C(=O)O)cc1. The first-order valence-electron chi connectivity index (χ1n) is 7.50. The van der Waals surface area contributed by atoms with Crippen LogP contribution in [-0.2, 0) is 11.2 Å². The highest BCUT2D eigenvalue weighted by atomic mass is 16.5. The Morgan fingerprint density at radius 1 is 1.05 bits per heavy atom. The molecule has 1 atom stereocenters. The molecule has 2 rings (SSSR count). The Hall–Kier alpha value is -2.29. The Morgan fingerprint density at radius 2 is 1.64 bits per heavy atom. The van der Waals surface area contributed by atoms with Crippen molar-refractivity contribution in [2.45, 2.75) is 39.2 Å². The molecule has 2 aromatic carbocycles. The standard InChI is InChI=1S/C19H22O3/c1-13(2)16-8-10-17(11-9-16)22-18(19(20)21)12-15-6-4-14(3)5-7-15/h4-11,13,18H,12H2,1-3H3,(H,20,21)/t18-/m0/s1. The van der Waals surface area contributed by atoms with Gasteiger partial charge in [-0.3, -0.25) is 0 Å². The van der Waals surface area contributed by atoms with E-state index in [0.29, 0.717) is 18.1 Å². The van der Waals surface area contributed by atoms with Gasteiger partial charge in [0.05, 0.1) is 0 Å². The maximum Gasteiger partial charge on any atom is 0.345 e. The second-order valence-electron chi connectivity index (χ2n) is 5.86. The van der Waals surface area contributed by atoms with Crippen molar-refractivity contribution in [3.05, 3.63) is 65.2 Å². The van der Waals surface area contributed by atoms with Gasteiger partial charge in [0.15, 0.2) is 6.10 Å². The minimum absolute atomic E-state index is 0.349. The molecule has 0 fully saturated rings. The third kappa shape index (κ3) is 4.35. The highest BCUT2D eigenvalue weighted by Gasteiger charge is 2.20. The van der Waals surface area contributed by atoms with E-state index in [1.54, 1.807) is 0 Å². The highest BCUT2D eigenvalue weighted by Crippen LogP contribution is 2.20. The van der Waals surface area contributed by atoms with Gasteiger partial charge in [-0.1, -0.05) is 55.8 Å². The molecule has 0 radical (unpaired) electrons. The molecule has 0 saturated carbocycles. The van der Waals surface area contributed by atoms with Crippen molar-refractivity contribution in [2.24, 2.45) is 0 Å². The molecule has 0 aliphatic carbocycles. The van der Waals surface area contributed by atoms with Gasteiger partial charge in [-0.2, -0.15) is 0 Å². The quantitative estimate of drug-likeness (QED) is 0.869. The Labute approximate surface area is 131 Å². The van der Waals surface area contributed by atoms with Gasteiger partial charge in [-0.25, -0.2) is 4.79 Å². The van der Waals surface area contributed by atoms with Gasteiger partial charge in [0.2, 0.25) is 0 Å². The molecule has 0 heterocycles. The second-order valence-corrected chi connectivity index (χ2v) is 5.86. The van der Waals surface area contributed by atoms with E-state index in [4.69, 9.17) is 4.74 Å². The summed E-state index contributed by atoms with van der Waals surface area (Å²) >= 11 is 0. The predicted octanol–water partition coefficient (Wildman–Crippen LogP) is 4.19. The summed E-state index contributed by atoms with van der Waals surface area (Å²) in [5, 5.41) is 9.37. The highest BCUT2D eigenvalue weighted by molar-refractivity contribution is 5.73. The molecule has 0 bridgehead atoms. The van der Waals surface area contributed by atoms with Crippen LogP contribution < -0.4 is 4.74 Å². The summed E-state index contributed by atoms with van der Waals surface area (Å²) in [5.74, 6) is 0.0781. The minimum atomic E-state index is -0.950. The summed E-state index contributed by atoms with van der Waals surface area (Å²) < 4.78 is 5.65. The lowest BCUT2D eigenvalue weighted by molar-refractivity contribution is -0.145. The summed E-state index contributed by atoms with van der Waals surface area (Å²) in [6.07, 6.45) is -0.533. The summed E-state index contributed by atoms with van der Waals surface area (Å²) in [6.45, 7) is 6.24. The summed E-state index contributed by atoms with van der Waals surface area (Å²) in [5.41, 5.74) is 3.32. The minimum Gasteiger partial charge on any atom is -0.478 e. The van der Waals surface area contributed by atoms with Crippen LogP contribution >= 0.6 is 0 Å². The molecule has 116 valence electrons. The predicted molar refractivity (Wildman–Crippen MR) is 87.5 cm³/mol. The molecule has 2 aromatic rings. The number of carboxylic acids is 1. The molecule has 0 spiro atoms. The molecule has 22 heavy (non-hydrogen) atoms. The number of aliphatic carboxylic acids is 1. The van der Waals surface area contributed by atoms with Gasteiger partial charge in [0.1, 0.15) is 5.75 Å². The van der Waals surface area contributed by atoms with E-state index in [2.05, 4.69) is 13.8 Å². The number of carboxylic acid groups (broad SMARTS) is 1. The van der Waals surface area contributed by atoms with Crippen LogP contribution in [0.2, 0.25) is 0 Å². The molecule has 0 saturated heterocycles. The average Bonchev–Trinajstić information content (AvgIpc) is 2.49. The van der Waals surface area contributed by atoms with Crippen molar-refractivity contribution < 1.29 is 14.6 Å². The van der Waals surface area contributed by atoms with Gasteiger partial charge in [0.25, 0.3) is 0 Å². The summed E-state index contributed by atoms with van der Waals surface area (Å²) in [6, 6.07) is 15.5. The summed E-state index contributed by atoms with van der Waals surface area (Å²) in [7, 11) is 0. The zero-order chi connectivity index (χ0) is 16.1. The van der Waals surface area contributed by atoms with E-state index in [1.807, 2.05) is 55.5 Å². The first-order chi connectivity index (χ1) is 10.5. The van der Waals surface area contributed by atoms with Crippen molar-refractivity contribution >= 4 is 5.97 Å². The van der Waals surface area contributed by atoms with Gasteiger partial charge in [0, 0.05) is 6.42 Å². The van der Waals surface area contributed by atoms with Crippen molar-refractivity contribution in [3.8, 4) is 5.75 Å². The van der Waals surface area contributed by atoms with Crippen molar-refractivity contribution in [3.63, 3.8) is 0 Å². The molecular formula is C19H22O3. The lowest BCUT2D eigenvalue weighted by Gasteiger charge is -2.16.